The van der Waals surface area contributed by atoms with E-state index in [1.165, 1.54) is 0 Å². The molecule has 0 aliphatic carbocycles. The van der Waals surface area contributed by atoms with E-state index < -0.39 is 0 Å². The molecule has 3 rings (SSSR count). The zero-order chi connectivity index (χ0) is 13.2. The molecule has 5 heteroatoms. The Morgan fingerprint density at radius 3 is 2.84 bits per heavy atom. The number of likely N-dealkylation sites (tertiary alicyclic amines) is 1. The van der Waals surface area contributed by atoms with E-state index in [-0.39, 0.29) is 0 Å². The molecule has 1 saturated heterocycles. The van der Waals surface area contributed by atoms with Crippen molar-refractivity contribution < 1.29 is 4.74 Å². The Morgan fingerprint density at radius 1 is 1.37 bits per heavy atom. The van der Waals surface area contributed by atoms with E-state index in [4.69, 9.17) is 4.74 Å². The first-order chi connectivity index (χ1) is 9.31. The highest BCUT2D eigenvalue weighted by Gasteiger charge is 2.23. The minimum Gasteiger partial charge on any atom is -0.493 e. The van der Waals surface area contributed by atoms with Crippen LogP contribution in [0.15, 0.2) is 18.3 Å². The number of hydrogen-bond donors (Lipinski definition) is 0. The van der Waals surface area contributed by atoms with Gasteiger partial charge in [-0.3, -0.25) is 0 Å². The van der Waals surface area contributed by atoms with Gasteiger partial charge in [-0.1, -0.05) is 6.92 Å². The van der Waals surface area contributed by atoms with Crippen LogP contribution in [0.5, 0.6) is 5.75 Å². The quantitative estimate of drug-likeness (QED) is 0.846. The normalized spacial score (nSPS) is 18.0. The molecule has 0 unspecified atom stereocenters. The first-order valence-corrected chi connectivity index (χ1v) is 6.93. The van der Waals surface area contributed by atoms with E-state index in [0.717, 1.165) is 49.7 Å². The lowest BCUT2D eigenvalue weighted by molar-refractivity contribution is 0.219. The summed E-state index contributed by atoms with van der Waals surface area (Å²) in [6, 6.07) is 3.86. The van der Waals surface area contributed by atoms with Crippen LogP contribution < -0.4 is 4.74 Å². The lowest BCUT2D eigenvalue weighted by atomic mass is 9.96. The van der Waals surface area contributed by atoms with Crippen LogP contribution in [0, 0.1) is 0 Å². The van der Waals surface area contributed by atoms with Gasteiger partial charge >= 0.3 is 0 Å². The van der Waals surface area contributed by atoms with Gasteiger partial charge in [-0.05, 0) is 44.6 Å². The Kier molecular flexibility index (Phi) is 3.38. The predicted molar refractivity (Wildman–Crippen MR) is 73.6 cm³/mol. The van der Waals surface area contributed by atoms with Crippen LogP contribution in [0.4, 0.5) is 0 Å². The summed E-state index contributed by atoms with van der Waals surface area (Å²) < 4.78 is 7.15. The SMILES string of the molecule is CCN1CCC(c2nc3c(OC)cccn3n2)CC1. The summed E-state index contributed by atoms with van der Waals surface area (Å²) in [5.74, 6) is 2.22. The second kappa shape index (κ2) is 5.17. The zero-order valence-electron chi connectivity index (χ0n) is 11.5. The van der Waals surface area contributed by atoms with Crippen molar-refractivity contribution in [1.82, 2.24) is 19.5 Å². The highest BCUT2D eigenvalue weighted by atomic mass is 16.5. The number of ether oxygens (including phenoxy) is 1. The summed E-state index contributed by atoms with van der Waals surface area (Å²) in [6.07, 6.45) is 4.22. The van der Waals surface area contributed by atoms with Gasteiger partial charge in [0.25, 0.3) is 0 Å². The number of piperidine rings is 1. The first-order valence-electron chi connectivity index (χ1n) is 6.93. The number of pyridine rings is 1. The van der Waals surface area contributed by atoms with E-state index >= 15 is 0 Å². The van der Waals surface area contributed by atoms with E-state index in [1.807, 2.05) is 22.8 Å². The Bertz CT molecular complexity index is 558. The maximum absolute atomic E-state index is 5.33. The average molecular weight is 260 g/mol. The molecule has 3 heterocycles. The van der Waals surface area contributed by atoms with E-state index in [9.17, 15) is 0 Å². The van der Waals surface area contributed by atoms with Crippen molar-refractivity contribution in [2.75, 3.05) is 26.7 Å². The van der Waals surface area contributed by atoms with Gasteiger partial charge in [0.15, 0.2) is 17.2 Å². The Balaban J connectivity index is 1.86. The molecule has 2 aromatic heterocycles. The van der Waals surface area contributed by atoms with Gasteiger partial charge in [0.2, 0.25) is 0 Å². The molecule has 2 aromatic rings. The van der Waals surface area contributed by atoms with E-state index in [0.29, 0.717) is 5.92 Å². The summed E-state index contributed by atoms with van der Waals surface area (Å²) in [5.41, 5.74) is 0.818. The van der Waals surface area contributed by atoms with Crippen LogP contribution in [-0.2, 0) is 0 Å². The van der Waals surface area contributed by atoms with Crippen LogP contribution in [0.3, 0.4) is 0 Å². The molecule has 0 radical (unpaired) electrons. The third kappa shape index (κ3) is 2.30. The molecule has 102 valence electrons. The molecule has 1 fully saturated rings. The smallest absolute Gasteiger partial charge is 0.198 e. The molecule has 0 atom stereocenters. The Labute approximate surface area is 113 Å². The molecular formula is C14H20N4O. The second-order valence-corrected chi connectivity index (χ2v) is 5.02. The van der Waals surface area contributed by atoms with Gasteiger partial charge in [0, 0.05) is 12.1 Å². The molecule has 1 aliphatic rings. The maximum Gasteiger partial charge on any atom is 0.198 e. The number of hydrogen-bond acceptors (Lipinski definition) is 4. The lowest BCUT2D eigenvalue weighted by Gasteiger charge is -2.29. The first kappa shape index (κ1) is 12.4. The highest BCUT2D eigenvalue weighted by Crippen LogP contribution is 2.27. The summed E-state index contributed by atoms with van der Waals surface area (Å²) >= 11 is 0. The largest absolute Gasteiger partial charge is 0.493 e. The van der Waals surface area contributed by atoms with Gasteiger partial charge < -0.3 is 9.64 Å². The van der Waals surface area contributed by atoms with Crippen molar-refractivity contribution in [2.24, 2.45) is 0 Å². The lowest BCUT2D eigenvalue weighted by Crippen LogP contribution is -2.32. The summed E-state index contributed by atoms with van der Waals surface area (Å²) in [6.45, 7) is 5.65. The fourth-order valence-electron chi connectivity index (χ4n) is 2.74. The van der Waals surface area contributed by atoms with Crippen LogP contribution in [0.2, 0.25) is 0 Å². The van der Waals surface area contributed by atoms with Crippen molar-refractivity contribution in [2.45, 2.75) is 25.7 Å². The predicted octanol–water partition coefficient (Wildman–Crippen LogP) is 1.94. The maximum atomic E-state index is 5.33. The standard InChI is InChI=1S/C14H20N4O/c1-3-17-9-6-11(7-10-17)13-15-14-12(19-2)5-4-8-18(14)16-13/h4-5,8,11H,3,6-7,9-10H2,1-2H3. The average Bonchev–Trinajstić information content (AvgIpc) is 2.91. The van der Waals surface area contributed by atoms with Crippen molar-refractivity contribution in [3.8, 4) is 5.75 Å². The van der Waals surface area contributed by atoms with Gasteiger partial charge in [0.05, 0.1) is 7.11 Å². The fourth-order valence-corrected chi connectivity index (χ4v) is 2.74. The minimum absolute atomic E-state index is 0.479. The molecule has 0 spiro atoms. The Morgan fingerprint density at radius 2 is 2.16 bits per heavy atom. The van der Waals surface area contributed by atoms with Crippen LogP contribution >= 0.6 is 0 Å². The summed E-state index contributed by atoms with van der Waals surface area (Å²) in [5, 5.41) is 4.60. The van der Waals surface area contributed by atoms with Gasteiger partial charge in [0.1, 0.15) is 0 Å². The molecule has 0 aromatic carbocycles. The number of rotatable bonds is 3. The molecule has 0 bridgehead atoms. The number of nitrogens with zero attached hydrogens (tertiary/aromatic N) is 4. The van der Waals surface area contributed by atoms with Crippen LogP contribution in [0.25, 0.3) is 5.65 Å². The minimum atomic E-state index is 0.479. The topological polar surface area (TPSA) is 42.7 Å². The molecule has 0 saturated carbocycles. The van der Waals surface area contributed by atoms with Gasteiger partial charge in [-0.25, -0.2) is 9.50 Å². The summed E-state index contributed by atoms with van der Waals surface area (Å²) in [7, 11) is 1.67. The van der Waals surface area contributed by atoms with E-state index in [2.05, 4.69) is 21.9 Å². The molecule has 1 aliphatic heterocycles. The fraction of sp³-hybridized carbons (Fsp3) is 0.571. The zero-order valence-corrected chi connectivity index (χ0v) is 11.5. The number of methoxy groups -OCH3 is 1. The third-order valence-corrected chi connectivity index (χ3v) is 3.96. The molecule has 19 heavy (non-hydrogen) atoms. The van der Waals surface area contributed by atoms with Crippen molar-refractivity contribution in [1.29, 1.82) is 0 Å². The summed E-state index contributed by atoms with van der Waals surface area (Å²) in [4.78, 5) is 7.15. The van der Waals surface area contributed by atoms with Crippen LogP contribution in [-0.4, -0.2) is 46.2 Å². The van der Waals surface area contributed by atoms with Gasteiger partial charge in [-0.15, -0.1) is 0 Å². The Hall–Kier alpha value is -1.62. The van der Waals surface area contributed by atoms with Crippen molar-refractivity contribution in [3.63, 3.8) is 0 Å². The molecule has 0 amide bonds. The number of aromatic nitrogens is 3. The molecule has 5 nitrogen and oxygen atoms in total. The van der Waals surface area contributed by atoms with Crippen molar-refractivity contribution in [3.05, 3.63) is 24.2 Å². The third-order valence-electron chi connectivity index (χ3n) is 3.96. The highest BCUT2D eigenvalue weighted by molar-refractivity contribution is 5.52. The van der Waals surface area contributed by atoms with Gasteiger partial charge in [-0.2, -0.15) is 5.10 Å². The van der Waals surface area contributed by atoms with E-state index in [1.54, 1.807) is 7.11 Å². The van der Waals surface area contributed by atoms with Crippen molar-refractivity contribution >= 4 is 5.65 Å². The molecular weight excluding hydrogens is 240 g/mol. The number of fused-ring (bicyclic) bond motifs is 1. The van der Waals surface area contributed by atoms with Crippen LogP contribution in [0.1, 0.15) is 31.5 Å². The second-order valence-electron chi connectivity index (χ2n) is 5.02. The monoisotopic (exact) mass is 260 g/mol. The molecule has 0 N–H and O–H groups in total.